The van der Waals surface area contributed by atoms with Crippen molar-refractivity contribution in [2.24, 2.45) is 5.41 Å². The van der Waals surface area contributed by atoms with E-state index in [0.717, 1.165) is 0 Å². The molecule has 0 radical (unpaired) electrons. The summed E-state index contributed by atoms with van der Waals surface area (Å²) in [6.45, 7) is 22.2. The Morgan fingerprint density at radius 1 is 0.625 bits per heavy atom. The summed E-state index contributed by atoms with van der Waals surface area (Å²) >= 11 is 0. The van der Waals surface area contributed by atoms with Crippen LogP contribution >= 0.6 is 0 Å². The monoisotopic (exact) mass is 532 g/mol. The summed E-state index contributed by atoms with van der Waals surface area (Å²) in [5.41, 5.74) is 13.6. The Morgan fingerprint density at radius 2 is 1.10 bits per heavy atom. The topological polar surface area (TPSA) is 0 Å². The minimum Gasteiger partial charge on any atom is -0.0696 e. The average molecular weight is 533 g/mol. The van der Waals surface area contributed by atoms with Gasteiger partial charge in [-0.3, -0.25) is 0 Å². The van der Waals surface area contributed by atoms with Crippen LogP contribution in [0.4, 0.5) is 0 Å². The third-order valence-corrected chi connectivity index (χ3v) is 7.84. The predicted octanol–water partition coefficient (Wildman–Crippen LogP) is 12.2. The molecular weight excluding hydrogens is 480 g/mol. The number of allylic oxidation sites excluding steroid dienone is 19. The van der Waals surface area contributed by atoms with Gasteiger partial charge in [0.15, 0.2) is 0 Å². The largest absolute Gasteiger partial charge is 0.0696 e. The first-order valence-corrected chi connectivity index (χ1v) is 14.8. The highest BCUT2D eigenvalue weighted by Gasteiger charge is 2.26. The minimum atomic E-state index is 0.288. The van der Waals surface area contributed by atoms with Crippen molar-refractivity contribution in [2.75, 3.05) is 0 Å². The molecule has 0 bridgehead atoms. The van der Waals surface area contributed by atoms with E-state index in [-0.39, 0.29) is 5.41 Å². The Morgan fingerprint density at radius 3 is 1.65 bits per heavy atom. The van der Waals surface area contributed by atoms with Crippen LogP contribution in [0.2, 0.25) is 0 Å². The van der Waals surface area contributed by atoms with E-state index in [4.69, 9.17) is 0 Å². The first-order valence-electron chi connectivity index (χ1n) is 14.8. The van der Waals surface area contributed by atoms with Crippen molar-refractivity contribution in [3.05, 3.63) is 147 Å². The Kier molecular flexibility index (Phi) is 13.1. The standard InChI is InChI=1S/C40H52/c1-30(18-13-20-32(3)23-27-38-35(6)26-25-34(5)37(38)8)16-11-12-17-31(2)19-14-21-33(4)24-28-39-36(7)22-15-29-40(39,9)10/h11-14,16-21,23-28H,15,22,29H2,1-10H3/b12-11+,18-13+,19-14?,27-23+,28-24?,30-16+,31-17?,32-20+,33-21?. The van der Waals surface area contributed by atoms with Crippen molar-refractivity contribution in [3.63, 3.8) is 0 Å². The molecule has 0 heterocycles. The number of rotatable bonds is 10. The van der Waals surface area contributed by atoms with Crippen LogP contribution in [0.5, 0.6) is 0 Å². The summed E-state index contributed by atoms with van der Waals surface area (Å²) in [5.74, 6) is 0. The molecule has 1 aliphatic rings. The fourth-order valence-corrected chi connectivity index (χ4v) is 5.01. The van der Waals surface area contributed by atoms with Gasteiger partial charge < -0.3 is 0 Å². The van der Waals surface area contributed by atoms with E-state index in [0.29, 0.717) is 0 Å². The molecule has 0 saturated carbocycles. The number of aryl methyl sites for hydroxylation is 2. The molecule has 0 fully saturated rings. The fourth-order valence-electron chi connectivity index (χ4n) is 5.01. The van der Waals surface area contributed by atoms with Gasteiger partial charge in [-0.05, 0) is 108 Å². The lowest BCUT2D eigenvalue weighted by Gasteiger charge is -2.32. The summed E-state index contributed by atoms with van der Waals surface area (Å²) < 4.78 is 0. The molecule has 1 aliphatic carbocycles. The van der Waals surface area contributed by atoms with E-state index in [1.54, 1.807) is 5.57 Å². The fraction of sp³-hybridized carbons (Fsp3) is 0.350. The molecule has 1 aromatic carbocycles. The van der Waals surface area contributed by atoms with Crippen molar-refractivity contribution >= 4 is 6.08 Å². The lowest BCUT2D eigenvalue weighted by Crippen LogP contribution is -2.19. The highest BCUT2D eigenvalue weighted by Crippen LogP contribution is 2.40. The van der Waals surface area contributed by atoms with E-state index in [1.807, 2.05) is 0 Å². The molecule has 2 rings (SSSR count). The predicted molar refractivity (Wildman–Crippen MR) is 182 cm³/mol. The number of hydrogen-bond donors (Lipinski definition) is 0. The van der Waals surface area contributed by atoms with E-state index < -0.39 is 0 Å². The molecule has 0 saturated heterocycles. The van der Waals surface area contributed by atoms with Crippen LogP contribution in [0.25, 0.3) is 6.08 Å². The van der Waals surface area contributed by atoms with Crippen molar-refractivity contribution in [1.82, 2.24) is 0 Å². The summed E-state index contributed by atoms with van der Waals surface area (Å²) in [4.78, 5) is 0. The van der Waals surface area contributed by atoms with Gasteiger partial charge in [0.05, 0.1) is 0 Å². The van der Waals surface area contributed by atoms with Gasteiger partial charge in [0, 0.05) is 0 Å². The van der Waals surface area contributed by atoms with Crippen LogP contribution in [0.3, 0.4) is 0 Å². The summed E-state index contributed by atoms with van der Waals surface area (Å²) in [7, 11) is 0. The zero-order valence-electron chi connectivity index (χ0n) is 26.9. The highest BCUT2D eigenvalue weighted by atomic mass is 14.3. The van der Waals surface area contributed by atoms with Crippen LogP contribution in [-0.4, -0.2) is 0 Å². The van der Waals surface area contributed by atoms with Gasteiger partial charge in [-0.2, -0.15) is 0 Å². The van der Waals surface area contributed by atoms with E-state index in [2.05, 4.69) is 166 Å². The molecule has 212 valence electrons. The Balaban J connectivity index is 1.90. The molecule has 1 aromatic rings. The molecule has 0 amide bonds. The van der Waals surface area contributed by atoms with Gasteiger partial charge in [0.1, 0.15) is 0 Å². The lowest BCUT2D eigenvalue weighted by atomic mass is 9.72. The molecule has 0 atom stereocenters. The minimum absolute atomic E-state index is 0.288. The van der Waals surface area contributed by atoms with E-state index in [1.165, 1.54) is 69.4 Å². The van der Waals surface area contributed by atoms with Crippen LogP contribution in [0.15, 0.2) is 125 Å². The summed E-state index contributed by atoms with van der Waals surface area (Å²) in [6, 6.07) is 4.39. The first-order chi connectivity index (χ1) is 18.9. The quantitative estimate of drug-likeness (QED) is 0.263. The second-order valence-corrected chi connectivity index (χ2v) is 12.1. The van der Waals surface area contributed by atoms with Gasteiger partial charge in [0.25, 0.3) is 0 Å². The first kappa shape index (κ1) is 32.8. The molecule has 0 aromatic heterocycles. The van der Waals surface area contributed by atoms with Gasteiger partial charge in [0.2, 0.25) is 0 Å². The number of hydrogen-bond acceptors (Lipinski definition) is 0. The maximum absolute atomic E-state index is 2.37. The van der Waals surface area contributed by atoms with Crippen molar-refractivity contribution in [3.8, 4) is 0 Å². The molecular formula is C40H52. The lowest BCUT2D eigenvalue weighted by molar-refractivity contribution is 0.377. The molecule has 0 heteroatoms. The molecule has 0 nitrogen and oxygen atoms in total. The molecule has 0 spiro atoms. The zero-order chi connectivity index (χ0) is 29.7. The van der Waals surface area contributed by atoms with Gasteiger partial charge in [-0.15, -0.1) is 0 Å². The summed E-state index contributed by atoms with van der Waals surface area (Å²) in [6.07, 6.45) is 34.2. The number of benzene rings is 1. The van der Waals surface area contributed by atoms with Crippen molar-refractivity contribution in [1.29, 1.82) is 0 Å². The van der Waals surface area contributed by atoms with E-state index in [9.17, 15) is 0 Å². The Bertz CT molecular complexity index is 1330. The molecule has 40 heavy (non-hydrogen) atoms. The zero-order valence-corrected chi connectivity index (χ0v) is 26.9. The average Bonchev–Trinajstić information content (AvgIpc) is 2.88. The normalized spacial score (nSPS) is 18.1. The van der Waals surface area contributed by atoms with Crippen molar-refractivity contribution < 1.29 is 0 Å². The van der Waals surface area contributed by atoms with Gasteiger partial charge in [-0.25, -0.2) is 0 Å². The smallest absolute Gasteiger partial charge is 0.0104 e. The van der Waals surface area contributed by atoms with E-state index >= 15 is 0 Å². The van der Waals surface area contributed by atoms with Crippen LogP contribution < -0.4 is 0 Å². The Labute approximate surface area is 246 Å². The van der Waals surface area contributed by atoms with Gasteiger partial charge in [-0.1, -0.05) is 139 Å². The van der Waals surface area contributed by atoms with Crippen LogP contribution in [0.1, 0.15) is 90.0 Å². The van der Waals surface area contributed by atoms with Gasteiger partial charge >= 0.3 is 0 Å². The SMILES string of the molecule is CC(C=CC1=C(C)CCCC1(C)C)=CC=CC(C)=C/C=C/C=C(C)/C=C/C=C(C)/C=C/c1c(C)ccc(C)c1C. The third-order valence-electron chi connectivity index (χ3n) is 7.84. The molecule has 0 N–H and O–H groups in total. The van der Waals surface area contributed by atoms with Crippen LogP contribution in [-0.2, 0) is 0 Å². The maximum Gasteiger partial charge on any atom is -0.0104 e. The maximum atomic E-state index is 2.37. The third kappa shape index (κ3) is 11.0. The molecule has 0 unspecified atom stereocenters. The van der Waals surface area contributed by atoms with Crippen molar-refractivity contribution in [2.45, 2.75) is 88.5 Å². The second-order valence-electron chi connectivity index (χ2n) is 12.1. The summed E-state index contributed by atoms with van der Waals surface area (Å²) in [5, 5.41) is 0. The van der Waals surface area contributed by atoms with Crippen LogP contribution in [0, 0.1) is 26.2 Å². The second kappa shape index (κ2) is 16.0. The molecule has 0 aliphatic heterocycles. The Hall–Kier alpha value is -3.38. The highest BCUT2D eigenvalue weighted by molar-refractivity contribution is 5.61.